The highest BCUT2D eigenvalue weighted by Gasteiger charge is 2.38. The summed E-state index contributed by atoms with van der Waals surface area (Å²) in [4.78, 5) is 0. The second-order valence-electron chi connectivity index (χ2n) is 5.42. The minimum Gasteiger partial charge on any atom is -0.390 e. The zero-order valence-electron chi connectivity index (χ0n) is 11.5. The molecule has 100 valence electrons. The van der Waals surface area contributed by atoms with E-state index in [1.807, 2.05) is 13.8 Å². The lowest BCUT2D eigenvalue weighted by Crippen LogP contribution is -2.44. The first-order chi connectivity index (χ1) is 8.10. The van der Waals surface area contributed by atoms with Crippen LogP contribution >= 0.6 is 0 Å². The van der Waals surface area contributed by atoms with E-state index in [9.17, 15) is 5.11 Å². The van der Waals surface area contributed by atoms with E-state index >= 15 is 0 Å². The van der Waals surface area contributed by atoms with Gasteiger partial charge in [-0.25, -0.2) is 0 Å². The van der Waals surface area contributed by atoms with E-state index in [2.05, 4.69) is 6.58 Å². The number of ether oxygens (including phenoxy) is 1. The van der Waals surface area contributed by atoms with Gasteiger partial charge in [-0.2, -0.15) is 0 Å². The summed E-state index contributed by atoms with van der Waals surface area (Å²) in [6, 6.07) is 0. The maximum Gasteiger partial charge on any atom is 0.0940 e. The van der Waals surface area contributed by atoms with E-state index in [1.165, 1.54) is 25.7 Å². The van der Waals surface area contributed by atoms with E-state index in [4.69, 9.17) is 4.74 Å². The SMILES string of the molecule is C=C(C)CCC(O)C1(OCC)CCCCCC1. The van der Waals surface area contributed by atoms with Crippen molar-refractivity contribution in [1.82, 2.24) is 0 Å². The van der Waals surface area contributed by atoms with Crippen molar-refractivity contribution >= 4 is 0 Å². The van der Waals surface area contributed by atoms with Crippen LogP contribution in [0.25, 0.3) is 0 Å². The van der Waals surface area contributed by atoms with Crippen molar-refractivity contribution in [2.24, 2.45) is 0 Å². The molecular weight excluding hydrogens is 212 g/mol. The van der Waals surface area contributed by atoms with Crippen LogP contribution in [0.3, 0.4) is 0 Å². The van der Waals surface area contributed by atoms with Crippen molar-refractivity contribution < 1.29 is 9.84 Å². The number of aliphatic hydroxyl groups is 1. The molecule has 1 atom stereocenters. The Bertz CT molecular complexity index is 227. The van der Waals surface area contributed by atoms with Gasteiger partial charge in [-0.1, -0.05) is 31.3 Å². The molecule has 0 aromatic heterocycles. The van der Waals surface area contributed by atoms with Gasteiger partial charge in [-0.15, -0.1) is 6.58 Å². The molecule has 0 heterocycles. The monoisotopic (exact) mass is 240 g/mol. The molecule has 1 rings (SSSR count). The van der Waals surface area contributed by atoms with Crippen LogP contribution in [0.15, 0.2) is 12.2 Å². The Hall–Kier alpha value is -0.340. The average molecular weight is 240 g/mol. The minimum atomic E-state index is -0.336. The van der Waals surface area contributed by atoms with Gasteiger partial charge < -0.3 is 9.84 Å². The first-order valence-electron chi connectivity index (χ1n) is 7.07. The number of hydrogen-bond donors (Lipinski definition) is 1. The largest absolute Gasteiger partial charge is 0.390 e. The number of hydrogen-bond acceptors (Lipinski definition) is 2. The molecule has 2 nitrogen and oxygen atoms in total. The Morgan fingerprint density at radius 2 is 1.88 bits per heavy atom. The summed E-state index contributed by atoms with van der Waals surface area (Å²) in [6.45, 7) is 8.65. The Balaban J connectivity index is 2.63. The molecule has 0 bridgehead atoms. The smallest absolute Gasteiger partial charge is 0.0940 e. The summed E-state index contributed by atoms with van der Waals surface area (Å²) in [5, 5.41) is 10.5. The first-order valence-corrected chi connectivity index (χ1v) is 7.07. The van der Waals surface area contributed by atoms with Crippen molar-refractivity contribution in [3.05, 3.63) is 12.2 Å². The Labute approximate surface area is 106 Å². The van der Waals surface area contributed by atoms with Crippen LogP contribution in [0.1, 0.15) is 65.2 Å². The molecule has 0 aliphatic heterocycles. The average Bonchev–Trinajstić information content (AvgIpc) is 2.53. The zero-order chi connectivity index (χ0) is 12.7. The number of allylic oxidation sites excluding steroid dienone is 1. The standard InChI is InChI=1S/C15H28O2/c1-4-17-15(11-7-5-6-8-12-15)14(16)10-9-13(2)3/h14,16H,2,4-12H2,1,3H3. The molecule has 1 aliphatic rings. The molecule has 0 aromatic carbocycles. The maximum atomic E-state index is 10.5. The van der Waals surface area contributed by atoms with E-state index in [1.54, 1.807) is 0 Å². The lowest BCUT2D eigenvalue weighted by molar-refractivity contribution is -0.130. The second-order valence-corrected chi connectivity index (χ2v) is 5.42. The quantitative estimate of drug-likeness (QED) is 0.564. The Kier molecular flexibility index (Phi) is 6.21. The van der Waals surface area contributed by atoms with Gasteiger partial charge in [0.15, 0.2) is 0 Å². The molecule has 1 saturated carbocycles. The van der Waals surface area contributed by atoms with Gasteiger partial charge in [0.25, 0.3) is 0 Å². The Morgan fingerprint density at radius 1 is 1.29 bits per heavy atom. The van der Waals surface area contributed by atoms with Crippen LogP contribution < -0.4 is 0 Å². The molecule has 0 amide bonds. The topological polar surface area (TPSA) is 29.5 Å². The van der Waals surface area contributed by atoms with Crippen LogP contribution in [0, 0.1) is 0 Å². The van der Waals surface area contributed by atoms with Crippen molar-refractivity contribution in [2.45, 2.75) is 76.9 Å². The molecular formula is C15H28O2. The third-order valence-electron chi connectivity index (χ3n) is 3.83. The summed E-state index contributed by atoms with van der Waals surface area (Å²) in [6.07, 6.45) is 8.30. The van der Waals surface area contributed by atoms with Crippen LogP contribution in [-0.4, -0.2) is 23.4 Å². The molecule has 1 aliphatic carbocycles. The lowest BCUT2D eigenvalue weighted by atomic mass is 9.85. The summed E-state index contributed by atoms with van der Waals surface area (Å²) >= 11 is 0. The maximum absolute atomic E-state index is 10.5. The fourth-order valence-corrected chi connectivity index (χ4v) is 2.83. The van der Waals surface area contributed by atoms with Gasteiger partial charge in [-0.05, 0) is 39.5 Å². The van der Waals surface area contributed by atoms with Gasteiger partial charge in [0, 0.05) is 6.61 Å². The van der Waals surface area contributed by atoms with Crippen LogP contribution in [0.4, 0.5) is 0 Å². The van der Waals surface area contributed by atoms with E-state index in [0.29, 0.717) is 6.61 Å². The van der Waals surface area contributed by atoms with Crippen LogP contribution in [0.5, 0.6) is 0 Å². The normalized spacial score (nSPS) is 21.8. The molecule has 0 aromatic rings. The molecule has 1 unspecified atom stereocenters. The first kappa shape index (κ1) is 14.7. The van der Waals surface area contributed by atoms with Gasteiger partial charge >= 0.3 is 0 Å². The van der Waals surface area contributed by atoms with Crippen LogP contribution in [0.2, 0.25) is 0 Å². The molecule has 17 heavy (non-hydrogen) atoms. The summed E-state index contributed by atoms with van der Waals surface area (Å²) in [5.41, 5.74) is 0.866. The molecule has 1 N–H and O–H groups in total. The highest BCUT2D eigenvalue weighted by Crippen LogP contribution is 2.35. The fraction of sp³-hybridized carbons (Fsp3) is 0.867. The van der Waals surface area contributed by atoms with Crippen molar-refractivity contribution in [2.75, 3.05) is 6.61 Å². The fourth-order valence-electron chi connectivity index (χ4n) is 2.83. The van der Waals surface area contributed by atoms with Gasteiger partial charge in [-0.3, -0.25) is 0 Å². The predicted molar refractivity (Wildman–Crippen MR) is 72.1 cm³/mol. The van der Waals surface area contributed by atoms with Gasteiger partial charge in [0.2, 0.25) is 0 Å². The number of aliphatic hydroxyl groups excluding tert-OH is 1. The molecule has 0 radical (unpaired) electrons. The highest BCUT2D eigenvalue weighted by atomic mass is 16.5. The van der Waals surface area contributed by atoms with Crippen molar-refractivity contribution in [3.63, 3.8) is 0 Å². The summed E-state index contributed by atoms with van der Waals surface area (Å²) in [7, 11) is 0. The van der Waals surface area contributed by atoms with E-state index in [-0.39, 0.29) is 11.7 Å². The van der Waals surface area contributed by atoms with Gasteiger partial charge in [0.1, 0.15) is 0 Å². The van der Waals surface area contributed by atoms with Crippen molar-refractivity contribution in [1.29, 1.82) is 0 Å². The number of rotatable bonds is 6. The molecule has 1 fully saturated rings. The molecule has 0 saturated heterocycles. The molecule has 0 spiro atoms. The summed E-state index contributed by atoms with van der Waals surface area (Å²) < 4.78 is 5.96. The van der Waals surface area contributed by atoms with Crippen molar-refractivity contribution in [3.8, 4) is 0 Å². The summed E-state index contributed by atoms with van der Waals surface area (Å²) in [5.74, 6) is 0. The van der Waals surface area contributed by atoms with Crippen LogP contribution in [-0.2, 0) is 4.74 Å². The van der Waals surface area contributed by atoms with E-state index < -0.39 is 0 Å². The third-order valence-corrected chi connectivity index (χ3v) is 3.83. The van der Waals surface area contributed by atoms with Gasteiger partial charge in [0.05, 0.1) is 11.7 Å². The van der Waals surface area contributed by atoms with E-state index in [0.717, 1.165) is 31.3 Å². The minimum absolute atomic E-state index is 0.277. The highest BCUT2D eigenvalue weighted by molar-refractivity contribution is 4.94. The third kappa shape index (κ3) is 4.44. The zero-order valence-corrected chi connectivity index (χ0v) is 11.5. The molecule has 2 heteroatoms. The lowest BCUT2D eigenvalue weighted by Gasteiger charge is -2.37. The Morgan fingerprint density at radius 3 is 2.35 bits per heavy atom. The second kappa shape index (κ2) is 7.17. The predicted octanol–water partition coefficient (Wildman–Crippen LogP) is 3.83.